The predicted octanol–water partition coefficient (Wildman–Crippen LogP) is 4.26. The third-order valence-electron chi connectivity index (χ3n) is 3.05. The summed E-state index contributed by atoms with van der Waals surface area (Å²) in [4.78, 5) is 4.71. The Kier molecular flexibility index (Phi) is 2.45. The number of para-hydroxylation sites is 1. The monoisotopic (exact) mass is 239 g/mol. The molecule has 0 aliphatic carbocycles. The van der Waals surface area contributed by atoms with Crippen LogP contribution in [0, 0.1) is 0 Å². The van der Waals surface area contributed by atoms with Crippen molar-refractivity contribution in [3.05, 3.63) is 60.7 Å². The van der Waals surface area contributed by atoms with Crippen molar-refractivity contribution in [2.24, 2.45) is 0 Å². The van der Waals surface area contributed by atoms with Crippen LogP contribution in [0.5, 0.6) is 0 Å². The van der Waals surface area contributed by atoms with E-state index in [1.807, 2.05) is 11.8 Å². The summed E-state index contributed by atoms with van der Waals surface area (Å²) in [5.41, 5.74) is 3.49. The van der Waals surface area contributed by atoms with Crippen molar-refractivity contribution >= 4 is 23.1 Å². The van der Waals surface area contributed by atoms with Crippen LogP contribution < -0.4 is 4.90 Å². The van der Waals surface area contributed by atoms with Gasteiger partial charge in [0.2, 0.25) is 0 Å². The average Bonchev–Trinajstić information content (AvgIpc) is 2.48. The van der Waals surface area contributed by atoms with Gasteiger partial charge in [-0.3, -0.25) is 0 Å². The van der Waals surface area contributed by atoms with Crippen molar-refractivity contribution in [3.63, 3.8) is 0 Å². The number of rotatable bonds is 0. The quantitative estimate of drug-likeness (QED) is 0.676. The minimum absolute atomic E-state index is 1.05. The lowest BCUT2D eigenvalue weighted by Gasteiger charge is -2.21. The molecule has 84 valence electrons. The Balaban J connectivity index is 2.24. The maximum Gasteiger partial charge on any atom is 0.0549 e. The van der Waals surface area contributed by atoms with Crippen LogP contribution in [-0.2, 0) is 0 Å². The third-order valence-corrected chi connectivity index (χ3v) is 4.19. The number of fused-ring (bicyclic) bond motifs is 2. The summed E-state index contributed by atoms with van der Waals surface area (Å²) >= 11 is 1.81. The molecule has 0 atom stereocenters. The third kappa shape index (κ3) is 1.65. The molecule has 2 aromatic rings. The van der Waals surface area contributed by atoms with Crippen LogP contribution in [0.3, 0.4) is 0 Å². The van der Waals surface area contributed by atoms with Gasteiger partial charge in [-0.1, -0.05) is 48.7 Å². The van der Waals surface area contributed by atoms with Gasteiger partial charge >= 0.3 is 0 Å². The molecule has 0 fully saturated rings. The minimum Gasteiger partial charge on any atom is -0.344 e. The Morgan fingerprint density at radius 2 is 1.59 bits per heavy atom. The van der Waals surface area contributed by atoms with Crippen molar-refractivity contribution in [3.8, 4) is 0 Å². The van der Waals surface area contributed by atoms with Crippen LogP contribution in [-0.4, -0.2) is 7.05 Å². The smallest absolute Gasteiger partial charge is 0.0549 e. The molecule has 1 heterocycles. The fourth-order valence-corrected chi connectivity index (χ4v) is 3.19. The lowest BCUT2D eigenvalue weighted by molar-refractivity contribution is 1.18. The zero-order valence-electron chi connectivity index (χ0n) is 9.68. The highest BCUT2D eigenvalue weighted by Crippen LogP contribution is 2.43. The summed E-state index contributed by atoms with van der Waals surface area (Å²) < 4.78 is 0. The van der Waals surface area contributed by atoms with Crippen molar-refractivity contribution in [2.45, 2.75) is 9.79 Å². The zero-order chi connectivity index (χ0) is 11.8. The molecule has 1 aliphatic heterocycles. The largest absolute Gasteiger partial charge is 0.344 e. The zero-order valence-corrected chi connectivity index (χ0v) is 10.5. The first-order chi connectivity index (χ1) is 8.27. The van der Waals surface area contributed by atoms with Crippen molar-refractivity contribution in [1.82, 2.24) is 0 Å². The molecule has 3 rings (SSSR count). The molecule has 1 aliphatic rings. The Labute approximate surface area is 106 Å². The number of benzene rings is 2. The molecule has 0 bridgehead atoms. The topological polar surface area (TPSA) is 3.24 Å². The van der Waals surface area contributed by atoms with Crippen LogP contribution in [0.15, 0.2) is 64.9 Å². The van der Waals surface area contributed by atoms with Crippen LogP contribution in [0.1, 0.15) is 5.56 Å². The summed E-state index contributed by atoms with van der Waals surface area (Å²) in [6.07, 6.45) is 0. The Bertz CT molecular complexity index is 589. The molecule has 0 saturated heterocycles. The number of hydrogen-bond acceptors (Lipinski definition) is 2. The van der Waals surface area contributed by atoms with E-state index in [4.69, 9.17) is 0 Å². The van der Waals surface area contributed by atoms with Gasteiger partial charge in [0, 0.05) is 28.1 Å². The normalized spacial score (nSPS) is 13.9. The molecule has 2 heteroatoms. The molecular weight excluding hydrogens is 226 g/mol. The van der Waals surface area contributed by atoms with Crippen molar-refractivity contribution < 1.29 is 0 Å². The maximum absolute atomic E-state index is 4.21. The molecule has 0 amide bonds. The fourth-order valence-electron chi connectivity index (χ4n) is 2.06. The molecule has 0 N–H and O–H groups in total. The number of nitrogens with zero attached hydrogens (tertiary/aromatic N) is 1. The van der Waals surface area contributed by atoms with Gasteiger partial charge in [0.05, 0.1) is 5.69 Å². The molecule has 1 nitrogen and oxygen atoms in total. The summed E-state index contributed by atoms with van der Waals surface area (Å²) in [7, 11) is 2.07. The fraction of sp³-hybridized carbons (Fsp3) is 0.0667. The van der Waals surface area contributed by atoms with Crippen molar-refractivity contribution in [2.75, 3.05) is 11.9 Å². The Hall–Kier alpha value is -1.67. The second kappa shape index (κ2) is 3.97. The predicted molar refractivity (Wildman–Crippen MR) is 74.4 cm³/mol. The summed E-state index contributed by atoms with van der Waals surface area (Å²) in [6, 6.07) is 16.9. The van der Waals surface area contributed by atoms with E-state index in [2.05, 4.69) is 67.1 Å². The van der Waals surface area contributed by atoms with Gasteiger partial charge in [-0.2, -0.15) is 0 Å². The first kappa shape index (κ1) is 10.5. The van der Waals surface area contributed by atoms with Crippen molar-refractivity contribution in [1.29, 1.82) is 0 Å². The molecular formula is C15H13NS. The molecule has 0 spiro atoms. The van der Waals surface area contributed by atoms with Gasteiger partial charge in [0.15, 0.2) is 0 Å². The summed E-state index contributed by atoms with van der Waals surface area (Å²) in [5, 5.41) is 0. The SMILES string of the molecule is C=C1c2ccccc2Sc2ccccc2N1C. The first-order valence-corrected chi connectivity index (χ1v) is 6.38. The van der Waals surface area contributed by atoms with E-state index in [9.17, 15) is 0 Å². The second-order valence-electron chi connectivity index (χ2n) is 4.07. The number of hydrogen-bond donors (Lipinski definition) is 0. The Morgan fingerprint density at radius 3 is 2.41 bits per heavy atom. The highest BCUT2D eigenvalue weighted by Gasteiger charge is 2.19. The van der Waals surface area contributed by atoms with Gasteiger partial charge in [0.1, 0.15) is 0 Å². The first-order valence-electron chi connectivity index (χ1n) is 5.56. The van der Waals surface area contributed by atoms with Gasteiger partial charge < -0.3 is 4.90 Å². The van der Waals surface area contributed by atoms with E-state index in [1.54, 1.807) is 0 Å². The van der Waals surface area contributed by atoms with Gasteiger partial charge in [-0.25, -0.2) is 0 Å². The van der Waals surface area contributed by atoms with Crippen LogP contribution in [0.25, 0.3) is 5.70 Å². The highest BCUT2D eigenvalue weighted by molar-refractivity contribution is 7.99. The van der Waals surface area contributed by atoms with Gasteiger partial charge in [0.25, 0.3) is 0 Å². The molecule has 0 aromatic heterocycles. The second-order valence-corrected chi connectivity index (χ2v) is 5.16. The lowest BCUT2D eigenvalue weighted by atomic mass is 10.1. The van der Waals surface area contributed by atoms with Crippen LogP contribution in [0.4, 0.5) is 5.69 Å². The molecule has 17 heavy (non-hydrogen) atoms. The van der Waals surface area contributed by atoms with E-state index >= 15 is 0 Å². The summed E-state index contributed by atoms with van der Waals surface area (Å²) in [5.74, 6) is 0. The van der Waals surface area contributed by atoms with E-state index in [0.29, 0.717) is 0 Å². The highest BCUT2D eigenvalue weighted by atomic mass is 32.2. The Morgan fingerprint density at radius 1 is 0.941 bits per heavy atom. The van der Waals surface area contributed by atoms with E-state index in [1.165, 1.54) is 21.0 Å². The maximum atomic E-state index is 4.21. The van der Waals surface area contributed by atoms with Gasteiger partial charge in [-0.05, 0) is 18.2 Å². The lowest BCUT2D eigenvalue weighted by Crippen LogP contribution is -2.13. The minimum atomic E-state index is 1.05. The van der Waals surface area contributed by atoms with E-state index < -0.39 is 0 Å². The molecule has 0 radical (unpaired) electrons. The molecule has 0 unspecified atom stereocenters. The van der Waals surface area contributed by atoms with E-state index in [0.717, 1.165) is 5.70 Å². The van der Waals surface area contributed by atoms with Crippen LogP contribution >= 0.6 is 11.8 Å². The van der Waals surface area contributed by atoms with Crippen LogP contribution in [0.2, 0.25) is 0 Å². The van der Waals surface area contributed by atoms with Gasteiger partial charge in [-0.15, -0.1) is 0 Å². The average molecular weight is 239 g/mol. The summed E-state index contributed by atoms with van der Waals surface area (Å²) in [6.45, 7) is 4.21. The van der Waals surface area contributed by atoms with E-state index in [-0.39, 0.29) is 0 Å². The number of anilines is 1. The molecule has 0 saturated carbocycles. The molecule has 2 aromatic carbocycles. The standard InChI is InChI=1S/C15H13NS/c1-11-12-7-3-5-9-14(12)17-15-10-6-4-8-13(15)16(11)2/h3-10H,1H2,2H3.